The average Bonchev–Trinajstić information content (AvgIpc) is 2.60. The fourth-order valence-corrected chi connectivity index (χ4v) is 1.63. The summed E-state index contributed by atoms with van der Waals surface area (Å²) in [5.41, 5.74) is 0. The monoisotopic (exact) mass is 211 g/mol. The van der Waals surface area contributed by atoms with E-state index in [1.54, 1.807) is 0 Å². The molecule has 0 bridgehead atoms. The number of hydrogen-bond acceptors (Lipinski definition) is 1. The Morgan fingerprint density at radius 1 is 1.00 bits per heavy atom. The molecule has 0 saturated carbocycles. The fraction of sp³-hybridized carbons (Fsp3) is 0.714. The second kappa shape index (κ2) is 15.9. The molecule has 1 fully saturated rings. The molecule has 0 aliphatic carbocycles. The van der Waals surface area contributed by atoms with Gasteiger partial charge >= 0.3 is 0 Å². The minimum atomic E-state index is 1.15. The van der Waals surface area contributed by atoms with E-state index in [0.29, 0.717) is 0 Å². The smallest absolute Gasteiger partial charge is 0.00158 e. The van der Waals surface area contributed by atoms with Gasteiger partial charge in [-0.3, -0.25) is 0 Å². The van der Waals surface area contributed by atoms with Crippen molar-refractivity contribution in [2.45, 2.75) is 46.0 Å². The predicted octanol–water partition coefficient (Wildman–Crippen LogP) is 4.27. The molecule has 1 heterocycles. The van der Waals surface area contributed by atoms with Gasteiger partial charge in [-0.05, 0) is 32.4 Å². The van der Waals surface area contributed by atoms with Gasteiger partial charge in [-0.1, -0.05) is 32.8 Å². The van der Waals surface area contributed by atoms with Crippen molar-refractivity contribution in [3.05, 3.63) is 25.8 Å². The van der Waals surface area contributed by atoms with Crippen molar-refractivity contribution in [2.24, 2.45) is 0 Å². The molecule has 1 aliphatic rings. The van der Waals surface area contributed by atoms with Gasteiger partial charge in [0.05, 0.1) is 0 Å². The Bertz CT molecular complexity index is 113. The zero-order valence-electron chi connectivity index (χ0n) is 10.8. The highest BCUT2D eigenvalue weighted by molar-refractivity contribution is 4.71. The topological polar surface area (TPSA) is 3.24 Å². The lowest BCUT2D eigenvalue weighted by molar-refractivity contribution is 0.291. The van der Waals surface area contributed by atoms with E-state index in [9.17, 15) is 0 Å². The van der Waals surface area contributed by atoms with Crippen molar-refractivity contribution in [3.8, 4) is 0 Å². The molecule has 0 radical (unpaired) electrons. The highest BCUT2D eigenvalue weighted by Crippen LogP contribution is 2.09. The number of hydrogen-bond donors (Lipinski definition) is 0. The van der Waals surface area contributed by atoms with Crippen LogP contribution in [0.25, 0.3) is 0 Å². The van der Waals surface area contributed by atoms with Crippen LogP contribution < -0.4 is 0 Å². The maximum absolute atomic E-state index is 3.74. The van der Waals surface area contributed by atoms with E-state index in [-0.39, 0.29) is 0 Å². The lowest BCUT2D eigenvalue weighted by atomic mass is 10.2. The molecular formula is C14H29N. The third kappa shape index (κ3) is 11.4. The standard InChI is InChI=1S/C10H19N.C2H6.C2H4/c1-2-3-8-11-9-6-4-5-7-10-11;2*1-2/h2H,1,3-10H2;1-2H3;1-2H2. The summed E-state index contributed by atoms with van der Waals surface area (Å²) in [5.74, 6) is 0. The quantitative estimate of drug-likeness (QED) is 0.630. The van der Waals surface area contributed by atoms with E-state index in [1.807, 2.05) is 19.9 Å². The molecule has 1 aliphatic heterocycles. The summed E-state index contributed by atoms with van der Waals surface area (Å²) in [6, 6.07) is 0. The second-order valence-corrected chi connectivity index (χ2v) is 3.33. The van der Waals surface area contributed by atoms with Crippen LogP contribution in [0.15, 0.2) is 25.8 Å². The summed E-state index contributed by atoms with van der Waals surface area (Å²) in [4.78, 5) is 2.56. The van der Waals surface area contributed by atoms with Crippen molar-refractivity contribution >= 4 is 0 Å². The van der Waals surface area contributed by atoms with Crippen LogP contribution in [0.4, 0.5) is 0 Å². The molecule has 1 saturated heterocycles. The number of rotatable bonds is 3. The number of nitrogens with zero attached hydrogens (tertiary/aromatic N) is 1. The largest absolute Gasteiger partial charge is 0.303 e. The van der Waals surface area contributed by atoms with Gasteiger partial charge in [-0.15, -0.1) is 19.7 Å². The normalized spacial score (nSPS) is 16.1. The molecule has 0 aromatic heterocycles. The third-order valence-corrected chi connectivity index (χ3v) is 2.35. The minimum absolute atomic E-state index is 1.15. The van der Waals surface area contributed by atoms with Gasteiger partial charge in [-0.25, -0.2) is 0 Å². The van der Waals surface area contributed by atoms with E-state index >= 15 is 0 Å². The van der Waals surface area contributed by atoms with Crippen LogP contribution in [-0.2, 0) is 0 Å². The Hall–Kier alpha value is -0.560. The van der Waals surface area contributed by atoms with E-state index in [1.165, 1.54) is 45.3 Å². The van der Waals surface area contributed by atoms with Crippen LogP contribution in [0.2, 0.25) is 0 Å². The van der Waals surface area contributed by atoms with Gasteiger partial charge in [-0.2, -0.15) is 0 Å². The molecule has 0 unspecified atom stereocenters. The van der Waals surface area contributed by atoms with Crippen molar-refractivity contribution < 1.29 is 0 Å². The van der Waals surface area contributed by atoms with E-state index in [0.717, 1.165) is 6.42 Å². The van der Waals surface area contributed by atoms with Crippen LogP contribution in [-0.4, -0.2) is 24.5 Å². The van der Waals surface area contributed by atoms with Crippen LogP contribution >= 0.6 is 0 Å². The maximum atomic E-state index is 3.74. The van der Waals surface area contributed by atoms with Crippen molar-refractivity contribution in [1.29, 1.82) is 0 Å². The molecule has 0 amide bonds. The predicted molar refractivity (Wildman–Crippen MR) is 72.3 cm³/mol. The molecule has 90 valence electrons. The van der Waals surface area contributed by atoms with Crippen LogP contribution in [0, 0.1) is 0 Å². The minimum Gasteiger partial charge on any atom is -0.303 e. The molecule has 0 aromatic rings. The molecule has 1 rings (SSSR count). The SMILES string of the molecule is C=C.C=CCCN1CCCCCC1.CC. The zero-order chi connectivity index (χ0) is 11.9. The van der Waals surface area contributed by atoms with Crippen molar-refractivity contribution in [1.82, 2.24) is 4.90 Å². The van der Waals surface area contributed by atoms with Gasteiger partial charge < -0.3 is 4.90 Å². The molecule has 0 N–H and O–H groups in total. The molecular weight excluding hydrogens is 182 g/mol. The summed E-state index contributed by atoms with van der Waals surface area (Å²) >= 11 is 0. The molecule has 1 nitrogen and oxygen atoms in total. The zero-order valence-corrected chi connectivity index (χ0v) is 10.8. The summed E-state index contributed by atoms with van der Waals surface area (Å²) in [6.45, 7) is 17.6. The molecule has 0 atom stereocenters. The number of likely N-dealkylation sites (tertiary alicyclic amines) is 1. The van der Waals surface area contributed by atoms with Gasteiger partial charge in [0.15, 0.2) is 0 Å². The van der Waals surface area contributed by atoms with Crippen LogP contribution in [0.3, 0.4) is 0 Å². The highest BCUT2D eigenvalue weighted by atomic mass is 15.1. The lowest BCUT2D eigenvalue weighted by Crippen LogP contribution is -2.25. The first-order chi connectivity index (χ1) is 7.43. The Labute approximate surface area is 96.9 Å². The summed E-state index contributed by atoms with van der Waals surface area (Å²) in [5, 5.41) is 0. The fourth-order valence-electron chi connectivity index (χ4n) is 1.63. The first-order valence-electron chi connectivity index (χ1n) is 6.27. The molecule has 0 spiro atoms. The summed E-state index contributed by atoms with van der Waals surface area (Å²) in [6.07, 6.45) is 8.84. The van der Waals surface area contributed by atoms with Gasteiger partial charge in [0.25, 0.3) is 0 Å². The Balaban J connectivity index is 0. The molecule has 1 heteroatoms. The first-order valence-corrected chi connectivity index (χ1v) is 6.27. The van der Waals surface area contributed by atoms with Gasteiger partial charge in [0, 0.05) is 6.54 Å². The van der Waals surface area contributed by atoms with Crippen molar-refractivity contribution in [3.63, 3.8) is 0 Å². The lowest BCUT2D eigenvalue weighted by Gasteiger charge is -2.18. The Morgan fingerprint density at radius 2 is 1.47 bits per heavy atom. The summed E-state index contributed by atoms with van der Waals surface area (Å²) < 4.78 is 0. The van der Waals surface area contributed by atoms with Crippen molar-refractivity contribution in [2.75, 3.05) is 19.6 Å². The third-order valence-electron chi connectivity index (χ3n) is 2.35. The molecule has 0 aromatic carbocycles. The summed E-state index contributed by atoms with van der Waals surface area (Å²) in [7, 11) is 0. The average molecular weight is 211 g/mol. The highest BCUT2D eigenvalue weighted by Gasteiger charge is 2.06. The maximum Gasteiger partial charge on any atom is 0.00158 e. The first kappa shape index (κ1) is 16.9. The van der Waals surface area contributed by atoms with Gasteiger partial charge in [0.2, 0.25) is 0 Å². The second-order valence-electron chi connectivity index (χ2n) is 3.33. The van der Waals surface area contributed by atoms with Crippen LogP contribution in [0.1, 0.15) is 46.0 Å². The van der Waals surface area contributed by atoms with E-state index in [2.05, 4.69) is 24.6 Å². The Morgan fingerprint density at radius 3 is 1.87 bits per heavy atom. The van der Waals surface area contributed by atoms with E-state index < -0.39 is 0 Å². The van der Waals surface area contributed by atoms with Crippen LogP contribution in [0.5, 0.6) is 0 Å². The van der Waals surface area contributed by atoms with E-state index in [4.69, 9.17) is 0 Å². The Kier molecular flexibility index (Phi) is 17.9. The molecule has 15 heavy (non-hydrogen) atoms. The van der Waals surface area contributed by atoms with Gasteiger partial charge in [0.1, 0.15) is 0 Å².